The second-order valence-corrected chi connectivity index (χ2v) is 16.5. The summed E-state index contributed by atoms with van der Waals surface area (Å²) in [5.41, 5.74) is 20.7. The van der Waals surface area contributed by atoms with E-state index in [2.05, 4.69) is 243 Å². The van der Waals surface area contributed by atoms with E-state index in [-0.39, 0.29) is 5.41 Å². The summed E-state index contributed by atoms with van der Waals surface area (Å²) in [5, 5.41) is 0. The van der Waals surface area contributed by atoms with Crippen molar-refractivity contribution in [3.05, 3.63) is 258 Å². The molecule has 1 heteroatoms. The minimum absolute atomic E-state index is 0.118. The van der Waals surface area contributed by atoms with E-state index in [1.807, 2.05) is 0 Å². The fourth-order valence-electron chi connectivity index (χ4n) is 10.1. The highest BCUT2D eigenvalue weighted by Gasteiger charge is 2.46. The molecule has 0 aromatic heterocycles. The van der Waals surface area contributed by atoms with Crippen LogP contribution in [-0.4, -0.2) is 0 Å². The minimum atomic E-state index is -0.494. The zero-order valence-corrected chi connectivity index (χ0v) is 33.3. The molecule has 0 saturated carbocycles. The van der Waals surface area contributed by atoms with E-state index in [0.29, 0.717) is 0 Å². The molecular formula is C58H43N. The van der Waals surface area contributed by atoms with Gasteiger partial charge in [-0.3, -0.25) is 0 Å². The van der Waals surface area contributed by atoms with Crippen LogP contribution in [-0.2, 0) is 10.8 Å². The van der Waals surface area contributed by atoms with Crippen LogP contribution in [0.15, 0.2) is 224 Å². The molecule has 280 valence electrons. The average molecular weight is 754 g/mol. The zero-order chi connectivity index (χ0) is 39.6. The van der Waals surface area contributed by atoms with Crippen LogP contribution in [0.3, 0.4) is 0 Å². The third kappa shape index (κ3) is 5.46. The molecule has 0 radical (unpaired) electrons. The molecule has 59 heavy (non-hydrogen) atoms. The first-order chi connectivity index (χ1) is 29.0. The zero-order valence-electron chi connectivity index (χ0n) is 33.3. The fourth-order valence-corrected chi connectivity index (χ4v) is 10.1. The Bertz CT molecular complexity index is 2980. The normalized spacial score (nSPS) is 15.5. The Morgan fingerprint density at radius 1 is 0.288 bits per heavy atom. The van der Waals surface area contributed by atoms with Crippen molar-refractivity contribution < 1.29 is 0 Å². The summed E-state index contributed by atoms with van der Waals surface area (Å²) in [5.74, 6) is 0. The van der Waals surface area contributed by atoms with Crippen molar-refractivity contribution in [2.24, 2.45) is 0 Å². The largest absolute Gasteiger partial charge is 0.310 e. The van der Waals surface area contributed by atoms with Gasteiger partial charge in [-0.1, -0.05) is 202 Å². The molecule has 0 fully saturated rings. The number of fused-ring (bicyclic) bond motifs is 6. The van der Waals surface area contributed by atoms with Crippen molar-refractivity contribution in [3.8, 4) is 44.5 Å². The molecule has 11 rings (SSSR count). The second-order valence-electron chi connectivity index (χ2n) is 16.5. The smallest absolute Gasteiger partial charge is 0.0713 e. The van der Waals surface area contributed by atoms with Gasteiger partial charge in [0.25, 0.3) is 0 Å². The van der Waals surface area contributed by atoms with Gasteiger partial charge >= 0.3 is 0 Å². The Morgan fingerprint density at radius 2 is 0.712 bits per heavy atom. The molecule has 0 heterocycles. The topological polar surface area (TPSA) is 3.24 Å². The first-order valence-electron chi connectivity index (χ1n) is 20.7. The summed E-state index contributed by atoms with van der Waals surface area (Å²) in [7, 11) is 0. The van der Waals surface area contributed by atoms with Gasteiger partial charge in [-0.2, -0.15) is 0 Å². The first kappa shape index (κ1) is 35.0. The molecule has 9 aromatic rings. The van der Waals surface area contributed by atoms with Crippen molar-refractivity contribution in [2.45, 2.75) is 24.7 Å². The SMILES string of the molecule is CC1(C)c2ccccc2-c2ccc(N(c3ccc(-c4ccccc4)cc3)c3ccc4c(c3)-c3ccccc3C4(c3ccccc3)c3ccc(-c4ccccc4)cc3)cc21. The number of rotatable bonds is 7. The molecule has 1 unspecified atom stereocenters. The Balaban J connectivity index is 1.11. The lowest BCUT2D eigenvalue weighted by Gasteiger charge is -2.34. The van der Waals surface area contributed by atoms with Crippen LogP contribution in [0.5, 0.6) is 0 Å². The molecule has 1 atom stereocenters. The third-order valence-electron chi connectivity index (χ3n) is 13.0. The Labute approximate surface area is 347 Å². The molecular weight excluding hydrogens is 711 g/mol. The highest BCUT2D eigenvalue weighted by molar-refractivity contribution is 5.91. The quantitative estimate of drug-likeness (QED) is 0.157. The van der Waals surface area contributed by atoms with Gasteiger partial charge < -0.3 is 4.90 Å². The van der Waals surface area contributed by atoms with Crippen molar-refractivity contribution in [2.75, 3.05) is 4.90 Å². The fraction of sp³-hybridized carbons (Fsp3) is 0.0690. The van der Waals surface area contributed by atoms with Crippen molar-refractivity contribution in [1.82, 2.24) is 0 Å². The second kappa shape index (κ2) is 13.7. The van der Waals surface area contributed by atoms with Crippen LogP contribution < -0.4 is 4.90 Å². The molecule has 0 amide bonds. The van der Waals surface area contributed by atoms with Gasteiger partial charge in [-0.25, -0.2) is 0 Å². The van der Waals surface area contributed by atoms with Crippen LogP contribution in [0.1, 0.15) is 47.2 Å². The van der Waals surface area contributed by atoms with E-state index in [9.17, 15) is 0 Å². The van der Waals surface area contributed by atoms with Crippen LogP contribution in [0.25, 0.3) is 44.5 Å². The number of nitrogens with zero attached hydrogens (tertiary/aromatic N) is 1. The number of benzene rings is 9. The van der Waals surface area contributed by atoms with Gasteiger partial charge in [0.1, 0.15) is 0 Å². The lowest BCUT2D eigenvalue weighted by Crippen LogP contribution is -2.28. The number of hydrogen-bond donors (Lipinski definition) is 0. The highest BCUT2D eigenvalue weighted by Crippen LogP contribution is 2.58. The molecule has 0 saturated heterocycles. The summed E-state index contributed by atoms with van der Waals surface area (Å²) < 4.78 is 0. The summed E-state index contributed by atoms with van der Waals surface area (Å²) in [4.78, 5) is 2.45. The van der Waals surface area contributed by atoms with E-state index < -0.39 is 5.41 Å². The van der Waals surface area contributed by atoms with Gasteiger partial charge in [0.05, 0.1) is 5.41 Å². The van der Waals surface area contributed by atoms with E-state index in [4.69, 9.17) is 0 Å². The van der Waals surface area contributed by atoms with Gasteiger partial charge in [-0.05, 0) is 114 Å². The Kier molecular flexibility index (Phi) is 8.13. The predicted octanol–water partition coefficient (Wildman–Crippen LogP) is 15.2. The van der Waals surface area contributed by atoms with Gasteiger partial charge in [0.2, 0.25) is 0 Å². The maximum atomic E-state index is 2.45. The lowest BCUT2D eigenvalue weighted by atomic mass is 9.67. The van der Waals surface area contributed by atoms with Crippen LogP contribution in [0.4, 0.5) is 17.1 Å². The lowest BCUT2D eigenvalue weighted by molar-refractivity contribution is 0.660. The first-order valence-corrected chi connectivity index (χ1v) is 20.7. The predicted molar refractivity (Wildman–Crippen MR) is 247 cm³/mol. The van der Waals surface area contributed by atoms with Crippen molar-refractivity contribution >= 4 is 17.1 Å². The average Bonchev–Trinajstić information content (AvgIpc) is 3.73. The standard InChI is InChI=1S/C58H43N/c1-57(2)53-24-14-12-22-49(53)51-36-34-48(39-56(51)57)59(46-32-28-43(29-33-46)41-18-8-4-9-19-41)47-35-37-55-52(38-47)50-23-13-15-25-54(50)58(55,44-20-10-5-11-21-44)45-30-26-42(27-31-45)40-16-6-3-7-17-40/h3-39H,1-2H3. The van der Waals surface area contributed by atoms with Crippen molar-refractivity contribution in [1.29, 1.82) is 0 Å². The summed E-state index contributed by atoms with van der Waals surface area (Å²) in [6, 6.07) is 83.0. The van der Waals surface area contributed by atoms with E-state index in [1.165, 1.54) is 77.9 Å². The third-order valence-corrected chi connectivity index (χ3v) is 13.0. The van der Waals surface area contributed by atoms with Gasteiger partial charge in [0.15, 0.2) is 0 Å². The van der Waals surface area contributed by atoms with Crippen LogP contribution in [0, 0.1) is 0 Å². The monoisotopic (exact) mass is 753 g/mol. The van der Waals surface area contributed by atoms with Crippen LogP contribution in [0.2, 0.25) is 0 Å². The number of anilines is 3. The number of hydrogen-bond acceptors (Lipinski definition) is 1. The maximum Gasteiger partial charge on any atom is 0.0713 e. The van der Waals surface area contributed by atoms with E-state index in [0.717, 1.165) is 17.1 Å². The van der Waals surface area contributed by atoms with Gasteiger partial charge in [-0.15, -0.1) is 0 Å². The van der Waals surface area contributed by atoms with E-state index >= 15 is 0 Å². The maximum absolute atomic E-state index is 2.45. The Hall–Kier alpha value is -7.22. The van der Waals surface area contributed by atoms with Gasteiger partial charge in [0, 0.05) is 22.5 Å². The molecule has 2 aliphatic rings. The molecule has 0 N–H and O–H groups in total. The van der Waals surface area contributed by atoms with E-state index in [1.54, 1.807) is 0 Å². The molecule has 0 bridgehead atoms. The molecule has 1 nitrogen and oxygen atoms in total. The minimum Gasteiger partial charge on any atom is -0.310 e. The molecule has 9 aromatic carbocycles. The molecule has 0 aliphatic heterocycles. The highest BCUT2D eigenvalue weighted by atomic mass is 15.1. The molecule has 2 aliphatic carbocycles. The summed E-state index contributed by atoms with van der Waals surface area (Å²) in [6.45, 7) is 4.73. The Morgan fingerprint density at radius 3 is 1.36 bits per heavy atom. The van der Waals surface area contributed by atoms with Crippen molar-refractivity contribution in [3.63, 3.8) is 0 Å². The summed E-state index contributed by atoms with van der Waals surface area (Å²) >= 11 is 0. The summed E-state index contributed by atoms with van der Waals surface area (Å²) in [6.07, 6.45) is 0. The molecule has 0 spiro atoms. The van der Waals surface area contributed by atoms with Crippen LogP contribution >= 0.6 is 0 Å².